The third-order valence-corrected chi connectivity index (χ3v) is 3.56. The van der Waals surface area contributed by atoms with E-state index in [-0.39, 0.29) is 17.6 Å². The number of benzene rings is 1. The lowest BCUT2D eigenvalue weighted by Crippen LogP contribution is -2.14. The van der Waals surface area contributed by atoms with Gasteiger partial charge in [0.15, 0.2) is 5.69 Å². The van der Waals surface area contributed by atoms with Gasteiger partial charge in [0.1, 0.15) is 6.26 Å². The van der Waals surface area contributed by atoms with Gasteiger partial charge in [-0.3, -0.25) is 4.79 Å². The van der Waals surface area contributed by atoms with Crippen molar-refractivity contribution in [1.82, 2.24) is 4.98 Å². The molecule has 0 saturated carbocycles. The number of aryl methyl sites for hydroxylation is 1. The summed E-state index contributed by atoms with van der Waals surface area (Å²) >= 11 is 0. The number of nitrogens with two attached hydrogens (primary N) is 1. The molecule has 1 aromatic carbocycles. The van der Waals surface area contributed by atoms with Gasteiger partial charge >= 0.3 is 0 Å². The number of unbranched alkanes of at least 4 members (excludes halogenated alkanes) is 1. The van der Waals surface area contributed by atoms with Gasteiger partial charge in [-0.1, -0.05) is 38.8 Å². The van der Waals surface area contributed by atoms with Crippen LogP contribution in [0.15, 0.2) is 34.9 Å². The van der Waals surface area contributed by atoms with Gasteiger partial charge in [-0.2, -0.15) is 0 Å². The Hall–Kier alpha value is -2.14. The molecular formula is C17H23N3O2. The monoisotopic (exact) mass is 301 g/mol. The summed E-state index contributed by atoms with van der Waals surface area (Å²) in [5.74, 6) is 0.127. The average Bonchev–Trinajstić information content (AvgIpc) is 3.03. The molecule has 5 heteroatoms. The maximum Gasteiger partial charge on any atom is 0.277 e. The van der Waals surface area contributed by atoms with Gasteiger partial charge in [-0.05, 0) is 30.5 Å². The molecule has 118 valence electrons. The van der Waals surface area contributed by atoms with Gasteiger partial charge in [0.25, 0.3) is 5.91 Å². The summed E-state index contributed by atoms with van der Waals surface area (Å²) in [6.07, 6.45) is 5.20. The number of carbonyl (C=O) groups is 1. The third-order valence-electron chi connectivity index (χ3n) is 3.56. The van der Waals surface area contributed by atoms with Crippen LogP contribution in [0.1, 0.15) is 61.1 Å². The average molecular weight is 301 g/mol. The van der Waals surface area contributed by atoms with E-state index in [9.17, 15) is 4.79 Å². The van der Waals surface area contributed by atoms with E-state index in [1.54, 1.807) is 0 Å². The molecule has 0 radical (unpaired) electrons. The molecule has 2 rings (SSSR count). The maximum absolute atomic E-state index is 12.1. The number of hydrogen-bond donors (Lipinski definition) is 2. The van der Waals surface area contributed by atoms with Gasteiger partial charge in [0.05, 0.1) is 6.04 Å². The number of oxazole rings is 1. The number of hydrogen-bond acceptors (Lipinski definition) is 4. The Morgan fingerprint density at radius 2 is 2.05 bits per heavy atom. The lowest BCUT2D eigenvalue weighted by Gasteiger charge is -2.05. The molecule has 0 aliphatic rings. The lowest BCUT2D eigenvalue weighted by atomic mass is 10.1. The molecule has 0 fully saturated rings. The largest absolute Gasteiger partial charge is 0.446 e. The quantitative estimate of drug-likeness (QED) is 0.817. The molecule has 5 nitrogen and oxygen atoms in total. The van der Waals surface area contributed by atoms with Crippen LogP contribution in [0.25, 0.3) is 0 Å². The highest BCUT2D eigenvalue weighted by molar-refractivity contribution is 6.02. The Morgan fingerprint density at radius 3 is 2.68 bits per heavy atom. The Labute approximate surface area is 130 Å². The highest BCUT2D eigenvalue weighted by Crippen LogP contribution is 2.17. The van der Waals surface area contributed by atoms with Crippen molar-refractivity contribution in [1.29, 1.82) is 0 Å². The van der Waals surface area contributed by atoms with Crippen molar-refractivity contribution in [3.05, 3.63) is 47.7 Å². The van der Waals surface area contributed by atoms with Crippen molar-refractivity contribution in [2.45, 2.75) is 45.6 Å². The Morgan fingerprint density at radius 1 is 1.32 bits per heavy atom. The van der Waals surface area contributed by atoms with Crippen LogP contribution in [0.4, 0.5) is 5.69 Å². The van der Waals surface area contributed by atoms with E-state index in [0.717, 1.165) is 31.4 Å². The first-order valence-electron chi connectivity index (χ1n) is 7.75. The van der Waals surface area contributed by atoms with Gasteiger partial charge in [0.2, 0.25) is 5.89 Å². The van der Waals surface area contributed by atoms with Crippen LogP contribution in [0, 0.1) is 0 Å². The summed E-state index contributed by atoms with van der Waals surface area (Å²) in [6, 6.07) is 7.48. The third kappa shape index (κ3) is 4.18. The van der Waals surface area contributed by atoms with Crippen molar-refractivity contribution in [2.75, 3.05) is 5.32 Å². The lowest BCUT2D eigenvalue weighted by molar-refractivity contribution is 0.102. The Kier molecular flexibility index (Phi) is 5.72. The highest BCUT2D eigenvalue weighted by atomic mass is 16.3. The van der Waals surface area contributed by atoms with Crippen LogP contribution in [0.2, 0.25) is 0 Å². The molecule has 2 aromatic rings. The molecule has 0 aliphatic carbocycles. The summed E-state index contributed by atoms with van der Waals surface area (Å²) in [6.45, 7) is 4.19. The first kappa shape index (κ1) is 16.2. The van der Waals surface area contributed by atoms with Crippen LogP contribution >= 0.6 is 0 Å². The summed E-state index contributed by atoms with van der Waals surface area (Å²) < 4.78 is 5.32. The number of amides is 1. The van der Waals surface area contributed by atoms with Gasteiger partial charge < -0.3 is 15.5 Å². The van der Waals surface area contributed by atoms with E-state index >= 15 is 0 Å². The van der Waals surface area contributed by atoms with Crippen LogP contribution < -0.4 is 11.1 Å². The zero-order valence-electron chi connectivity index (χ0n) is 13.1. The van der Waals surface area contributed by atoms with E-state index in [1.165, 1.54) is 11.8 Å². The summed E-state index contributed by atoms with van der Waals surface area (Å²) in [7, 11) is 0. The first-order valence-corrected chi connectivity index (χ1v) is 7.75. The Bertz CT molecular complexity index is 605. The minimum Gasteiger partial charge on any atom is -0.446 e. The fourth-order valence-electron chi connectivity index (χ4n) is 2.13. The SMILES string of the molecule is CCCCC(N)c1nc(C(=O)Nc2ccc(CC)cc2)co1. The molecule has 1 amide bonds. The number of nitrogens with one attached hydrogen (secondary N) is 1. The van der Waals surface area contributed by atoms with Crippen LogP contribution in [0.3, 0.4) is 0 Å². The molecule has 1 aromatic heterocycles. The van der Waals surface area contributed by atoms with Gasteiger partial charge in [-0.25, -0.2) is 4.98 Å². The zero-order chi connectivity index (χ0) is 15.9. The molecule has 0 bridgehead atoms. The second kappa shape index (κ2) is 7.75. The van der Waals surface area contributed by atoms with Gasteiger partial charge in [0, 0.05) is 5.69 Å². The minimum absolute atomic E-state index is 0.251. The molecule has 22 heavy (non-hydrogen) atoms. The fraction of sp³-hybridized carbons (Fsp3) is 0.412. The van der Waals surface area contributed by atoms with Crippen molar-refractivity contribution < 1.29 is 9.21 Å². The highest BCUT2D eigenvalue weighted by Gasteiger charge is 2.16. The van der Waals surface area contributed by atoms with E-state index in [4.69, 9.17) is 10.2 Å². The second-order valence-electron chi connectivity index (χ2n) is 5.32. The maximum atomic E-state index is 12.1. The van der Waals surface area contributed by atoms with E-state index in [0.29, 0.717) is 5.89 Å². The van der Waals surface area contributed by atoms with E-state index in [1.807, 2.05) is 24.3 Å². The number of aromatic nitrogens is 1. The van der Waals surface area contributed by atoms with Crippen molar-refractivity contribution >= 4 is 11.6 Å². The predicted molar refractivity (Wildman–Crippen MR) is 86.7 cm³/mol. The number of carbonyl (C=O) groups excluding carboxylic acids is 1. The smallest absolute Gasteiger partial charge is 0.277 e. The fourth-order valence-corrected chi connectivity index (χ4v) is 2.13. The number of nitrogens with zero attached hydrogens (tertiary/aromatic N) is 1. The summed E-state index contributed by atoms with van der Waals surface area (Å²) in [5, 5.41) is 2.80. The topological polar surface area (TPSA) is 81.1 Å². The van der Waals surface area contributed by atoms with Crippen LogP contribution in [-0.4, -0.2) is 10.9 Å². The number of rotatable bonds is 7. The standard InChI is InChI=1S/C17H23N3O2/c1-3-5-6-14(18)17-20-15(11-22-17)16(21)19-13-9-7-12(4-2)8-10-13/h7-11,14H,3-6,18H2,1-2H3,(H,19,21). The molecule has 1 heterocycles. The normalized spacial score (nSPS) is 12.1. The molecule has 0 aliphatic heterocycles. The van der Waals surface area contributed by atoms with Crippen LogP contribution in [-0.2, 0) is 6.42 Å². The predicted octanol–water partition coefficient (Wildman–Crippen LogP) is 3.68. The molecule has 3 N–H and O–H groups in total. The minimum atomic E-state index is -0.290. The Balaban J connectivity index is 1.98. The van der Waals surface area contributed by atoms with E-state index in [2.05, 4.69) is 24.1 Å². The van der Waals surface area contributed by atoms with E-state index < -0.39 is 0 Å². The molecule has 0 spiro atoms. The molecule has 1 atom stereocenters. The molecular weight excluding hydrogens is 278 g/mol. The molecule has 1 unspecified atom stereocenters. The second-order valence-corrected chi connectivity index (χ2v) is 5.32. The molecule has 0 saturated heterocycles. The first-order chi connectivity index (χ1) is 10.6. The summed E-state index contributed by atoms with van der Waals surface area (Å²) in [4.78, 5) is 16.3. The van der Waals surface area contributed by atoms with Gasteiger partial charge in [-0.15, -0.1) is 0 Å². The zero-order valence-corrected chi connectivity index (χ0v) is 13.1. The van der Waals surface area contributed by atoms with Crippen molar-refractivity contribution in [3.63, 3.8) is 0 Å². The van der Waals surface area contributed by atoms with Crippen LogP contribution in [0.5, 0.6) is 0 Å². The summed E-state index contributed by atoms with van der Waals surface area (Å²) in [5.41, 5.74) is 8.21. The van der Waals surface area contributed by atoms with Crippen molar-refractivity contribution in [3.8, 4) is 0 Å². The van der Waals surface area contributed by atoms with Crippen molar-refractivity contribution in [2.24, 2.45) is 5.73 Å². The number of anilines is 1.